The standard InChI is InChI=1S/C9H16N4O/c1-13(2)6-7(10)8-9(14-3)12-5-4-11-8/h4-5,7H,6,10H2,1-3H3. The lowest BCUT2D eigenvalue weighted by Crippen LogP contribution is -2.27. The van der Waals surface area contributed by atoms with Gasteiger partial charge < -0.3 is 15.4 Å². The van der Waals surface area contributed by atoms with E-state index in [0.717, 1.165) is 6.54 Å². The molecule has 0 bridgehead atoms. The molecule has 78 valence electrons. The van der Waals surface area contributed by atoms with Crippen LogP contribution in [0.25, 0.3) is 0 Å². The molecule has 0 aliphatic rings. The molecule has 0 aliphatic heterocycles. The molecule has 1 unspecified atom stereocenters. The molecule has 14 heavy (non-hydrogen) atoms. The number of methoxy groups -OCH3 is 1. The van der Waals surface area contributed by atoms with E-state index >= 15 is 0 Å². The lowest BCUT2D eigenvalue weighted by atomic mass is 10.2. The molecule has 0 radical (unpaired) electrons. The Balaban J connectivity index is 2.82. The second-order valence-corrected chi connectivity index (χ2v) is 3.32. The average molecular weight is 196 g/mol. The molecule has 1 atom stereocenters. The molecule has 0 amide bonds. The Morgan fingerprint density at radius 3 is 2.64 bits per heavy atom. The number of likely N-dealkylation sites (N-methyl/N-ethyl adjacent to an activating group) is 1. The largest absolute Gasteiger partial charge is 0.480 e. The summed E-state index contributed by atoms with van der Waals surface area (Å²) in [6, 6.07) is -0.173. The van der Waals surface area contributed by atoms with Gasteiger partial charge in [0.05, 0.1) is 13.2 Å². The van der Waals surface area contributed by atoms with Crippen molar-refractivity contribution in [3.63, 3.8) is 0 Å². The van der Waals surface area contributed by atoms with Gasteiger partial charge in [-0.25, -0.2) is 4.98 Å². The second-order valence-electron chi connectivity index (χ2n) is 3.32. The summed E-state index contributed by atoms with van der Waals surface area (Å²) in [6.07, 6.45) is 3.21. The van der Waals surface area contributed by atoms with Gasteiger partial charge >= 0.3 is 0 Å². The Bertz CT molecular complexity index is 290. The lowest BCUT2D eigenvalue weighted by molar-refractivity contribution is 0.350. The average Bonchev–Trinajstić information content (AvgIpc) is 2.16. The molecular formula is C9H16N4O. The molecular weight excluding hydrogens is 180 g/mol. The minimum absolute atomic E-state index is 0.173. The van der Waals surface area contributed by atoms with Crippen LogP contribution in [0.15, 0.2) is 12.4 Å². The van der Waals surface area contributed by atoms with E-state index in [4.69, 9.17) is 10.5 Å². The molecule has 0 aliphatic carbocycles. The Kier molecular flexibility index (Phi) is 3.79. The number of aromatic nitrogens is 2. The zero-order valence-electron chi connectivity index (χ0n) is 8.77. The molecule has 1 rings (SSSR count). The molecule has 0 aromatic carbocycles. The van der Waals surface area contributed by atoms with Crippen LogP contribution in [-0.2, 0) is 0 Å². The first-order chi connectivity index (χ1) is 6.65. The van der Waals surface area contributed by atoms with E-state index in [1.165, 1.54) is 0 Å². The molecule has 5 nitrogen and oxygen atoms in total. The zero-order chi connectivity index (χ0) is 10.6. The van der Waals surface area contributed by atoms with Crippen LogP contribution < -0.4 is 10.5 Å². The molecule has 0 saturated carbocycles. The topological polar surface area (TPSA) is 64.3 Å². The van der Waals surface area contributed by atoms with E-state index in [9.17, 15) is 0 Å². The first-order valence-electron chi connectivity index (χ1n) is 4.40. The Morgan fingerprint density at radius 2 is 2.07 bits per heavy atom. The van der Waals surface area contributed by atoms with Crippen molar-refractivity contribution in [1.29, 1.82) is 0 Å². The fourth-order valence-corrected chi connectivity index (χ4v) is 1.23. The minimum atomic E-state index is -0.173. The third kappa shape index (κ3) is 2.65. The van der Waals surface area contributed by atoms with Gasteiger partial charge in [-0.15, -0.1) is 0 Å². The summed E-state index contributed by atoms with van der Waals surface area (Å²) in [6.45, 7) is 0.717. The van der Waals surface area contributed by atoms with Gasteiger partial charge in [0.1, 0.15) is 5.69 Å². The molecule has 1 aromatic rings. The molecule has 0 saturated heterocycles. The highest BCUT2D eigenvalue weighted by Crippen LogP contribution is 2.17. The van der Waals surface area contributed by atoms with E-state index in [1.54, 1.807) is 19.5 Å². The van der Waals surface area contributed by atoms with Crippen molar-refractivity contribution in [2.24, 2.45) is 5.73 Å². The highest BCUT2D eigenvalue weighted by Gasteiger charge is 2.14. The summed E-state index contributed by atoms with van der Waals surface area (Å²) >= 11 is 0. The van der Waals surface area contributed by atoms with Gasteiger partial charge in [0.25, 0.3) is 0 Å². The SMILES string of the molecule is COc1nccnc1C(N)CN(C)C. The Labute approximate surface area is 83.9 Å². The van der Waals surface area contributed by atoms with Crippen LogP contribution in [0.3, 0.4) is 0 Å². The molecule has 0 fully saturated rings. The van der Waals surface area contributed by atoms with Crippen molar-refractivity contribution in [2.45, 2.75) is 6.04 Å². The Morgan fingerprint density at radius 1 is 1.43 bits per heavy atom. The van der Waals surface area contributed by atoms with Crippen molar-refractivity contribution in [3.8, 4) is 5.88 Å². The summed E-state index contributed by atoms with van der Waals surface area (Å²) in [5.74, 6) is 0.502. The van der Waals surface area contributed by atoms with Crippen LogP contribution in [0.5, 0.6) is 5.88 Å². The third-order valence-corrected chi connectivity index (χ3v) is 1.80. The lowest BCUT2D eigenvalue weighted by Gasteiger charge is -2.17. The first-order valence-corrected chi connectivity index (χ1v) is 4.40. The first kappa shape index (κ1) is 10.9. The smallest absolute Gasteiger partial charge is 0.237 e. The summed E-state index contributed by atoms with van der Waals surface area (Å²) in [5.41, 5.74) is 6.65. The van der Waals surface area contributed by atoms with Crippen LogP contribution >= 0.6 is 0 Å². The van der Waals surface area contributed by atoms with E-state index < -0.39 is 0 Å². The number of rotatable bonds is 4. The number of hydrogen-bond donors (Lipinski definition) is 1. The van der Waals surface area contributed by atoms with Gasteiger partial charge in [0, 0.05) is 18.9 Å². The number of nitrogens with zero attached hydrogens (tertiary/aromatic N) is 3. The fraction of sp³-hybridized carbons (Fsp3) is 0.556. The van der Waals surface area contributed by atoms with Crippen LogP contribution in [0, 0.1) is 0 Å². The van der Waals surface area contributed by atoms with E-state index in [1.807, 2.05) is 19.0 Å². The predicted molar refractivity (Wildman–Crippen MR) is 54.1 cm³/mol. The molecule has 1 heterocycles. The molecule has 0 spiro atoms. The highest BCUT2D eigenvalue weighted by molar-refractivity contribution is 5.20. The molecule has 5 heteroatoms. The van der Waals surface area contributed by atoms with Gasteiger partial charge in [0.2, 0.25) is 5.88 Å². The zero-order valence-corrected chi connectivity index (χ0v) is 8.77. The van der Waals surface area contributed by atoms with E-state index in [-0.39, 0.29) is 6.04 Å². The summed E-state index contributed by atoms with van der Waals surface area (Å²) in [7, 11) is 5.49. The van der Waals surface area contributed by atoms with Crippen LogP contribution in [0.2, 0.25) is 0 Å². The quantitative estimate of drug-likeness (QED) is 0.737. The molecule has 1 aromatic heterocycles. The van der Waals surface area contributed by atoms with Crippen LogP contribution in [0.4, 0.5) is 0 Å². The monoisotopic (exact) mass is 196 g/mol. The van der Waals surface area contributed by atoms with Gasteiger partial charge in [-0.2, -0.15) is 0 Å². The molecule has 2 N–H and O–H groups in total. The minimum Gasteiger partial charge on any atom is -0.480 e. The summed E-state index contributed by atoms with van der Waals surface area (Å²) < 4.78 is 5.08. The Hall–Kier alpha value is -1.20. The predicted octanol–water partition coefficient (Wildman–Crippen LogP) is 0.0466. The van der Waals surface area contributed by atoms with Crippen molar-refractivity contribution in [1.82, 2.24) is 14.9 Å². The normalized spacial score (nSPS) is 12.9. The summed E-state index contributed by atoms with van der Waals surface area (Å²) in [5, 5.41) is 0. The van der Waals surface area contributed by atoms with Crippen molar-refractivity contribution in [3.05, 3.63) is 18.1 Å². The van der Waals surface area contributed by atoms with E-state index in [0.29, 0.717) is 11.6 Å². The highest BCUT2D eigenvalue weighted by atomic mass is 16.5. The van der Waals surface area contributed by atoms with Gasteiger partial charge in [-0.3, -0.25) is 4.98 Å². The van der Waals surface area contributed by atoms with Gasteiger partial charge in [-0.1, -0.05) is 0 Å². The van der Waals surface area contributed by atoms with Gasteiger partial charge in [-0.05, 0) is 14.1 Å². The van der Waals surface area contributed by atoms with Gasteiger partial charge in [0.15, 0.2) is 0 Å². The van der Waals surface area contributed by atoms with Crippen molar-refractivity contribution in [2.75, 3.05) is 27.7 Å². The van der Waals surface area contributed by atoms with Crippen LogP contribution in [0.1, 0.15) is 11.7 Å². The third-order valence-electron chi connectivity index (χ3n) is 1.80. The summed E-state index contributed by atoms with van der Waals surface area (Å²) in [4.78, 5) is 10.2. The maximum atomic E-state index is 5.95. The van der Waals surface area contributed by atoms with Crippen molar-refractivity contribution < 1.29 is 4.74 Å². The fourth-order valence-electron chi connectivity index (χ4n) is 1.23. The number of hydrogen-bond acceptors (Lipinski definition) is 5. The maximum absolute atomic E-state index is 5.95. The van der Waals surface area contributed by atoms with E-state index in [2.05, 4.69) is 9.97 Å². The maximum Gasteiger partial charge on any atom is 0.237 e. The van der Waals surface area contributed by atoms with Crippen molar-refractivity contribution >= 4 is 0 Å². The van der Waals surface area contributed by atoms with Crippen LogP contribution in [-0.4, -0.2) is 42.6 Å². The number of nitrogens with two attached hydrogens (primary N) is 1. The second kappa shape index (κ2) is 4.88. The number of ether oxygens (including phenoxy) is 1.